The van der Waals surface area contributed by atoms with Crippen molar-refractivity contribution in [3.05, 3.63) is 68.5 Å². The van der Waals surface area contributed by atoms with Gasteiger partial charge in [0.1, 0.15) is 0 Å². The molecule has 0 amide bonds. The molecule has 86 valence electrons. The Hall–Kier alpha value is -2.43. The molecule has 1 aromatic carbocycles. The number of aldehydes is 1. The number of rotatable bonds is 3. The molecule has 2 aromatic rings. The molecule has 5 heteroatoms. The molecule has 0 atom stereocenters. The number of H-pyrrole nitrogens is 1. The Morgan fingerprint density at radius 2 is 1.88 bits per heavy atom. The molecule has 0 unspecified atom stereocenters. The van der Waals surface area contributed by atoms with E-state index in [1.54, 1.807) is 0 Å². The number of hydrogen-bond donors (Lipinski definition) is 1. The average molecular weight is 230 g/mol. The van der Waals surface area contributed by atoms with Gasteiger partial charge in [0.15, 0.2) is 6.29 Å². The van der Waals surface area contributed by atoms with Gasteiger partial charge in [0.25, 0.3) is 5.56 Å². The summed E-state index contributed by atoms with van der Waals surface area (Å²) in [5, 5.41) is 0. The fraction of sp³-hybridized carbons (Fsp3) is 0.0833. The van der Waals surface area contributed by atoms with Gasteiger partial charge in [0, 0.05) is 6.07 Å². The first-order valence-electron chi connectivity index (χ1n) is 5.04. The molecule has 0 aliphatic heterocycles. The van der Waals surface area contributed by atoms with Gasteiger partial charge in [-0.2, -0.15) is 0 Å². The summed E-state index contributed by atoms with van der Waals surface area (Å²) in [6, 6.07) is 10.3. The molecule has 0 saturated heterocycles. The molecular formula is C12H10N2O3. The quantitative estimate of drug-likeness (QED) is 0.775. The maximum Gasteiger partial charge on any atom is 0.329 e. The highest BCUT2D eigenvalue weighted by atomic mass is 16.2. The predicted molar refractivity (Wildman–Crippen MR) is 62.3 cm³/mol. The van der Waals surface area contributed by atoms with Gasteiger partial charge in [-0.25, -0.2) is 4.79 Å². The van der Waals surface area contributed by atoms with Gasteiger partial charge in [-0.1, -0.05) is 30.3 Å². The van der Waals surface area contributed by atoms with Crippen LogP contribution < -0.4 is 11.2 Å². The van der Waals surface area contributed by atoms with E-state index in [1.807, 2.05) is 30.3 Å². The molecule has 0 bridgehead atoms. The van der Waals surface area contributed by atoms with Gasteiger partial charge < -0.3 is 4.98 Å². The summed E-state index contributed by atoms with van der Waals surface area (Å²) in [5.74, 6) is 0. The lowest BCUT2D eigenvalue weighted by atomic mass is 10.2. The van der Waals surface area contributed by atoms with Crippen molar-refractivity contribution in [2.24, 2.45) is 0 Å². The number of nitrogens with zero attached hydrogens (tertiary/aromatic N) is 1. The van der Waals surface area contributed by atoms with E-state index in [9.17, 15) is 14.4 Å². The van der Waals surface area contributed by atoms with Crippen LogP contribution in [0, 0.1) is 0 Å². The Morgan fingerprint density at radius 1 is 1.18 bits per heavy atom. The Bertz CT molecular complexity index is 610. The van der Waals surface area contributed by atoms with Crippen molar-refractivity contribution < 1.29 is 4.79 Å². The van der Waals surface area contributed by atoms with Crippen LogP contribution in [0.3, 0.4) is 0 Å². The molecule has 0 aliphatic carbocycles. The van der Waals surface area contributed by atoms with E-state index in [2.05, 4.69) is 4.98 Å². The Balaban J connectivity index is 2.44. The van der Waals surface area contributed by atoms with Crippen molar-refractivity contribution >= 4 is 6.29 Å². The summed E-state index contributed by atoms with van der Waals surface area (Å²) in [4.78, 5) is 36.0. The fourth-order valence-corrected chi connectivity index (χ4v) is 1.52. The molecule has 5 nitrogen and oxygen atoms in total. The third-order valence-corrected chi connectivity index (χ3v) is 2.35. The number of aromatic nitrogens is 2. The van der Waals surface area contributed by atoms with E-state index in [1.165, 1.54) is 0 Å². The van der Waals surface area contributed by atoms with E-state index in [0.717, 1.165) is 16.2 Å². The summed E-state index contributed by atoms with van der Waals surface area (Å²) in [7, 11) is 0. The van der Waals surface area contributed by atoms with Crippen LogP contribution >= 0.6 is 0 Å². The normalized spacial score (nSPS) is 10.1. The van der Waals surface area contributed by atoms with Crippen molar-refractivity contribution in [1.29, 1.82) is 0 Å². The zero-order valence-corrected chi connectivity index (χ0v) is 8.92. The van der Waals surface area contributed by atoms with Crippen molar-refractivity contribution in [2.75, 3.05) is 0 Å². The van der Waals surface area contributed by atoms with E-state index in [0.29, 0.717) is 6.29 Å². The van der Waals surface area contributed by atoms with Crippen LogP contribution in [0.15, 0.2) is 46.0 Å². The van der Waals surface area contributed by atoms with E-state index >= 15 is 0 Å². The number of carbonyl (C=O) groups excluding carboxylic acids is 1. The monoisotopic (exact) mass is 230 g/mol. The number of aromatic amines is 1. The topological polar surface area (TPSA) is 71.9 Å². The first kappa shape index (κ1) is 11.1. The number of hydrogen-bond acceptors (Lipinski definition) is 3. The molecular weight excluding hydrogens is 220 g/mol. The summed E-state index contributed by atoms with van der Waals surface area (Å²) in [6.07, 6.45) is 0.440. The zero-order chi connectivity index (χ0) is 12.3. The van der Waals surface area contributed by atoms with Crippen molar-refractivity contribution in [3.63, 3.8) is 0 Å². The molecule has 1 heterocycles. The van der Waals surface area contributed by atoms with Crippen molar-refractivity contribution in [1.82, 2.24) is 9.55 Å². The molecule has 0 radical (unpaired) electrons. The van der Waals surface area contributed by atoms with E-state index in [4.69, 9.17) is 0 Å². The van der Waals surface area contributed by atoms with E-state index in [-0.39, 0.29) is 12.2 Å². The molecule has 0 saturated carbocycles. The van der Waals surface area contributed by atoms with Crippen LogP contribution in [0.25, 0.3) is 0 Å². The third kappa shape index (κ3) is 2.39. The lowest BCUT2D eigenvalue weighted by Gasteiger charge is -2.04. The maximum absolute atomic E-state index is 11.6. The zero-order valence-electron chi connectivity index (χ0n) is 8.92. The van der Waals surface area contributed by atoms with Gasteiger partial charge in [0.05, 0.1) is 12.2 Å². The molecule has 17 heavy (non-hydrogen) atoms. The lowest BCUT2D eigenvalue weighted by molar-refractivity contribution is 0.111. The Labute approximate surface area is 96.4 Å². The highest BCUT2D eigenvalue weighted by molar-refractivity contribution is 5.71. The smallest absolute Gasteiger partial charge is 0.304 e. The van der Waals surface area contributed by atoms with Crippen molar-refractivity contribution in [2.45, 2.75) is 6.54 Å². The second kappa shape index (κ2) is 4.61. The second-order valence-corrected chi connectivity index (χ2v) is 3.56. The van der Waals surface area contributed by atoms with Crippen LogP contribution in [0.5, 0.6) is 0 Å². The molecule has 0 aliphatic rings. The van der Waals surface area contributed by atoms with Crippen LogP contribution in [0.2, 0.25) is 0 Å². The first-order chi connectivity index (χ1) is 8.20. The molecule has 1 aromatic heterocycles. The van der Waals surface area contributed by atoms with Crippen LogP contribution in [-0.4, -0.2) is 15.8 Å². The average Bonchev–Trinajstić information content (AvgIpc) is 2.35. The first-order valence-corrected chi connectivity index (χ1v) is 5.04. The standard InChI is InChI=1S/C12H10N2O3/c15-8-10-6-11(16)14(12(17)13-10)7-9-4-2-1-3-5-9/h1-6,8H,7H2,(H,13,17). The fourth-order valence-electron chi connectivity index (χ4n) is 1.52. The Morgan fingerprint density at radius 3 is 2.47 bits per heavy atom. The number of benzene rings is 1. The number of carbonyl (C=O) groups is 1. The predicted octanol–water partition coefficient (Wildman–Crippen LogP) is 0.397. The highest BCUT2D eigenvalue weighted by Gasteiger charge is 2.04. The summed E-state index contributed by atoms with van der Waals surface area (Å²) in [5.41, 5.74) is -0.230. The SMILES string of the molecule is O=Cc1cc(=O)n(Cc2ccccc2)c(=O)[nH]1. The molecule has 0 fully saturated rings. The number of nitrogens with one attached hydrogen (secondary N) is 1. The Kier molecular flexibility index (Phi) is 3.00. The minimum Gasteiger partial charge on any atom is -0.304 e. The summed E-state index contributed by atoms with van der Waals surface area (Å²) < 4.78 is 1.04. The van der Waals surface area contributed by atoms with Crippen LogP contribution in [0.4, 0.5) is 0 Å². The van der Waals surface area contributed by atoms with Gasteiger partial charge in [0.2, 0.25) is 0 Å². The molecule has 0 spiro atoms. The van der Waals surface area contributed by atoms with Crippen LogP contribution in [-0.2, 0) is 6.54 Å². The molecule has 1 N–H and O–H groups in total. The minimum atomic E-state index is -0.580. The maximum atomic E-state index is 11.6. The van der Waals surface area contributed by atoms with E-state index < -0.39 is 11.2 Å². The summed E-state index contributed by atoms with van der Waals surface area (Å²) >= 11 is 0. The van der Waals surface area contributed by atoms with Gasteiger partial charge in [-0.05, 0) is 5.56 Å². The van der Waals surface area contributed by atoms with Gasteiger partial charge in [-0.15, -0.1) is 0 Å². The van der Waals surface area contributed by atoms with Crippen LogP contribution in [0.1, 0.15) is 16.1 Å². The van der Waals surface area contributed by atoms with Gasteiger partial charge >= 0.3 is 5.69 Å². The summed E-state index contributed by atoms with van der Waals surface area (Å²) in [6.45, 7) is 0.189. The minimum absolute atomic E-state index is 0.00990. The third-order valence-electron chi connectivity index (χ3n) is 2.35. The van der Waals surface area contributed by atoms with Crippen molar-refractivity contribution in [3.8, 4) is 0 Å². The lowest BCUT2D eigenvalue weighted by Crippen LogP contribution is -2.35. The molecule has 2 rings (SSSR count). The van der Waals surface area contributed by atoms with Gasteiger partial charge in [-0.3, -0.25) is 14.2 Å². The largest absolute Gasteiger partial charge is 0.329 e. The highest BCUT2D eigenvalue weighted by Crippen LogP contribution is 1.98. The second-order valence-electron chi connectivity index (χ2n) is 3.56.